The largest absolute Gasteiger partial charge is 0.497 e. The minimum absolute atomic E-state index is 0.0861. The molecule has 14 heteroatoms. The fraction of sp³-hybridized carbons (Fsp3) is 0.355. The molecule has 240 valence electrons. The minimum atomic E-state index is -4.75. The summed E-state index contributed by atoms with van der Waals surface area (Å²) in [5, 5.41) is 10.3. The molecule has 1 amide bonds. The molecule has 0 aromatic heterocycles. The number of methoxy groups -OCH3 is 1. The number of benzene rings is 3. The number of carbonyl (C=O) groups is 2. The molecule has 0 radical (unpaired) electrons. The lowest BCUT2D eigenvalue weighted by atomic mass is 9.62. The van der Waals surface area contributed by atoms with Crippen LogP contribution in [0.4, 0.5) is 18.9 Å². The van der Waals surface area contributed by atoms with E-state index in [1.165, 1.54) is 19.1 Å². The van der Waals surface area contributed by atoms with E-state index in [0.29, 0.717) is 16.3 Å². The Morgan fingerprint density at radius 3 is 2.40 bits per heavy atom. The first-order chi connectivity index (χ1) is 21.1. The number of carboxylic acid groups (broad SMARTS) is 1. The molecule has 0 bridgehead atoms. The average molecular weight is 712 g/mol. The van der Waals surface area contributed by atoms with E-state index >= 15 is 0 Å². The molecule has 3 aromatic carbocycles. The van der Waals surface area contributed by atoms with Gasteiger partial charge in [-0.15, -0.1) is 0 Å². The van der Waals surface area contributed by atoms with Crippen LogP contribution >= 0.6 is 15.9 Å². The summed E-state index contributed by atoms with van der Waals surface area (Å²) < 4.78 is 80.7. The third kappa shape index (κ3) is 6.62. The van der Waals surface area contributed by atoms with E-state index < -0.39 is 44.1 Å². The van der Waals surface area contributed by atoms with Crippen LogP contribution < -0.4 is 13.8 Å². The van der Waals surface area contributed by atoms with Crippen LogP contribution in [0.1, 0.15) is 37.3 Å². The second-order valence-corrected chi connectivity index (χ2v) is 14.0. The molecule has 1 saturated carbocycles. The van der Waals surface area contributed by atoms with E-state index in [0.717, 1.165) is 28.1 Å². The predicted molar refractivity (Wildman–Crippen MR) is 161 cm³/mol. The number of fused-ring (bicyclic) bond motifs is 1. The van der Waals surface area contributed by atoms with E-state index in [9.17, 15) is 36.3 Å². The predicted octanol–water partition coefficient (Wildman–Crippen LogP) is 6.11. The number of sulfonamides is 1. The number of alkyl halides is 3. The standard InChI is InChI=1S/C31H30BrF3N2O7S/c1-19(38)36(17-20-6-9-24(43-2)10-7-20)23-14-30(15-23,29(39)40)16-25-18-37(27-13-22(32)8-11-28(27)44-25)45(41,42)26-5-3-4-21(12-26)31(33,34)35/h3-13,23,25H,14-18H2,1-2H3,(H,39,40)/t23?,25-,30?/m0/s1. The first kappa shape index (κ1) is 32.6. The number of hydrogen-bond donors (Lipinski definition) is 1. The molecule has 3 aromatic rings. The normalized spacial score (nSPS) is 21.2. The minimum Gasteiger partial charge on any atom is -0.497 e. The van der Waals surface area contributed by atoms with Crippen LogP contribution in [0.5, 0.6) is 11.5 Å². The van der Waals surface area contributed by atoms with Gasteiger partial charge in [0.25, 0.3) is 10.0 Å². The van der Waals surface area contributed by atoms with Crippen molar-refractivity contribution >= 4 is 43.5 Å². The molecular formula is C31H30BrF3N2O7S. The van der Waals surface area contributed by atoms with E-state index in [1.807, 2.05) is 12.1 Å². The number of nitrogens with zero attached hydrogens (tertiary/aromatic N) is 2. The first-order valence-corrected chi connectivity index (χ1v) is 16.2. The van der Waals surface area contributed by atoms with Crippen molar-refractivity contribution in [3.8, 4) is 11.5 Å². The molecule has 5 rings (SSSR count). The third-order valence-corrected chi connectivity index (χ3v) is 10.6. The molecule has 45 heavy (non-hydrogen) atoms. The third-order valence-electron chi connectivity index (χ3n) is 8.28. The number of aliphatic carboxylic acids is 1. The number of ether oxygens (including phenoxy) is 2. The molecule has 0 spiro atoms. The highest BCUT2D eigenvalue weighted by Crippen LogP contribution is 2.50. The van der Waals surface area contributed by atoms with Crippen LogP contribution in [0.2, 0.25) is 0 Å². The second kappa shape index (κ2) is 12.2. The van der Waals surface area contributed by atoms with Gasteiger partial charge < -0.3 is 19.5 Å². The molecule has 1 atom stereocenters. The van der Waals surface area contributed by atoms with Gasteiger partial charge in [-0.3, -0.25) is 13.9 Å². The number of anilines is 1. The fourth-order valence-electron chi connectivity index (χ4n) is 5.93. The van der Waals surface area contributed by atoms with Gasteiger partial charge in [0.05, 0.1) is 35.2 Å². The second-order valence-electron chi connectivity index (χ2n) is 11.3. The molecule has 1 N–H and O–H groups in total. The summed E-state index contributed by atoms with van der Waals surface area (Å²) in [6.07, 6.45) is -5.55. The van der Waals surface area contributed by atoms with Gasteiger partial charge >= 0.3 is 12.1 Å². The number of rotatable bonds is 9. The van der Waals surface area contributed by atoms with Crippen LogP contribution in [0.3, 0.4) is 0 Å². The Morgan fingerprint density at radius 1 is 1.11 bits per heavy atom. The monoisotopic (exact) mass is 710 g/mol. The molecule has 0 saturated heterocycles. The zero-order valence-electron chi connectivity index (χ0n) is 24.3. The Hall–Kier alpha value is -3.78. The Balaban J connectivity index is 1.40. The van der Waals surface area contributed by atoms with Crippen molar-refractivity contribution < 1.29 is 45.8 Å². The van der Waals surface area contributed by atoms with E-state index in [1.54, 1.807) is 30.2 Å². The smallest absolute Gasteiger partial charge is 0.416 e. The number of amides is 1. The van der Waals surface area contributed by atoms with Crippen LogP contribution in [-0.2, 0) is 32.3 Å². The van der Waals surface area contributed by atoms with E-state index in [2.05, 4.69) is 15.9 Å². The van der Waals surface area contributed by atoms with Gasteiger partial charge in [-0.05, 0) is 66.9 Å². The number of carboxylic acids is 1. The fourth-order valence-corrected chi connectivity index (χ4v) is 7.83. The average Bonchev–Trinajstić information content (AvgIpc) is 2.97. The topological polar surface area (TPSA) is 113 Å². The quantitative estimate of drug-likeness (QED) is 0.285. The van der Waals surface area contributed by atoms with Crippen LogP contribution in [0.15, 0.2) is 76.1 Å². The molecule has 9 nitrogen and oxygen atoms in total. The van der Waals surface area contributed by atoms with Gasteiger partial charge in [0.2, 0.25) is 5.91 Å². The van der Waals surface area contributed by atoms with Crippen molar-refractivity contribution in [1.29, 1.82) is 0 Å². The molecular weight excluding hydrogens is 681 g/mol. The lowest BCUT2D eigenvalue weighted by molar-refractivity contribution is -0.166. The number of hydrogen-bond acceptors (Lipinski definition) is 6. The Morgan fingerprint density at radius 2 is 1.80 bits per heavy atom. The molecule has 1 aliphatic heterocycles. The van der Waals surface area contributed by atoms with E-state index in [4.69, 9.17) is 9.47 Å². The Kier molecular flexibility index (Phi) is 8.84. The zero-order valence-corrected chi connectivity index (χ0v) is 26.7. The summed E-state index contributed by atoms with van der Waals surface area (Å²) in [7, 11) is -2.98. The first-order valence-electron chi connectivity index (χ1n) is 13.9. The van der Waals surface area contributed by atoms with Crippen LogP contribution in [0.25, 0.3) is 0 Å². The molecule has 2 aliphatic rings. The van der Waals surface area contributed by atoms with Crippen LogP contribution in [0, 0.1) is 5.41 Å². The lowest BCUT2D eigenvalue weighted by Gasteiger charge is -2.50. The lowest BCUT2D eigenvalue weighted by Crippen LogP contribution is -2.58. The summed E-state index contributed by atoms with van der Waals surface area (Å²) in [6.45, 7) is 1.36. The maximum absolute atomic E-state index is 13.8. The van der Waals surface area contributed by atoms with Gasteiger partial charge in [-0.1, -0.05) is 34.1 Å². The highest BCUT2D eigenvalue weighted by molar-refractivity contribution is 9.10. The van der Waals surface area contributed by atoms with Crippen molar-refractivity contribution in [2.24, 2.45) is 5.41 Å². The molecule has 1 fully saturated rings. The number of carbonyl (C=O) groups excluding carboxylic acids is 1. The summed E-state index contributed by atoms with van der Waals surface area (Å²) in [6, 6.07) is 14.9. The van der Waals surface area contributed by atoms with Gasteiger partial charge in [0, 0.05) is 30.4 Å². The van der Waals surface area contributed by atoms with Crippen molar-refractivity contribution in [2.45, 2.75) is 55.9 Å². The van der Waals surface area contributed by atoms with Crippen molar-refractivity contribution in [3.05, 3.63) is 82.3 Å². The van der Waals surface area contributed by atoms with Crippen LogP contribution in [-0.4, -0.2) is 56.1 Å². The maximum Gasteiger partial charge on any atom is 0.416 e. The highest BCUT2D eigenvalue weighted by atomic mass is 79.9. The van der Waals surface area contributed by atoms with Gasteiger partial charge in [0.1, 0.15) is 17.6 Å². The van der Waals surface area contributed by atoms with Crippen molar-refractivity contribution in [3.63, 3.8) is 0 Å². The van der Waals surface area contributed by atoms with Gasteiger partial charge in [0.15, 0.2) is 0 Å². The summed E-state index contributed by atoms with van der Waals surface area (Å²) in [4.78, 5) is 26.3. The number of halogens is 4. The van der Waals surface area contributed by atoms with Crippen molar-refractivity contribution in [1.82, 2.24) is 4.90 Å². The van der Waals surface area contributed by atoms with Gasteiger partial charge in [-0.25, -0.2) is 8.42 Å². The molecule has 1 heterocycles. The summed E-state index contributed by atoms with van der Waals surface area (Å²) in [5.74, 6) is -0.524. The van der Waals surface area contributed by atoms with Gasteiger partial charge in [-0.2, -0.15) is 13.2 Å². The zero-order chi connectivity index (χ0) is 32.7. The molecule has 0 unspecified atom stereocenters. The van der Waals surface area contributed by atoms with Crippen molar-refractivity contribution in [2.75, 3.05) is 18.0 Å². The summed E-state index contributed by atoms with van der Waals surface area (Å²) in [5.41, 5.74) is -1.48. The Bertz CT molecular complexity index is 1710. The Labute approximate surface area is 266 Å². The highest BCUT2D eigenvalue weighted by Gasteiger charge is 2.55. The maximum atomic E-state index is 13.8. The van der Waals surface area contributed by atoms with E-state index in [-0.39, 0.29) is 55.7 Å². The summed E-state index contributed by atoms with van der Waals surface area (Å²) >= 11 is 3.30. The SMILES string of the molecule is COc1ccc(CN(C(C)=O)C2CC(C[C@H]3CN(S(=O)(=O)c4cccc(C(F)(F)F)c4)c4cc(Br)ccc4O3)(C(=O)O)C2)cc1. The molecule has 1 aliphatic carbocycles.